The molecule has 19 heavy (non-hydrogen) atoms. The quantitative estimate of drug-likeness (QED) is 0.760. The van der Waals surface area contributed by atoms with Gasteiger partial charge in [-0.05, 0) is 19.3 Å². The molecule has 0 aromatic heterocycles. The first kappa shape index (κ1) is 14.7. The van der Waals surface area contributed by atoms with Crippen LogP contribution >= 0.6 is 0 Å². The second kappa shape index (κ2) is 5.38. The molecule has 0 aromatic rings. The van der Waals surface area contributed by atoms with Gasteiger partial charge in [0, 0.05) is 26.2 Å². The summed E-state index contributed by atoms with van der Waals surface area (Å²) in [6.45, 7) is 1.91. The van der Waals surface area contributed by atoms with Crippen molar-refractivity contribution >= 4 is 15.9 Å². The highest BCUT2D eigenvalue weighted by atomic mass is 32.2. The lowest BCUT2D eigenvalue weighted by molar-refractivity contribution is -0.136. The molecular weight excluding hydrogens is 266 g/mol. The van der Waals surface area contributed by atoms with Crippen LogP contribution in [0.3, 0.4) is 0 Å². The topological polar surface area (TPSA) is 83.7 Å². The molecule has 1 amide bonds. The van der Waals surface area contributed by atoms with E-state index in [1.54, 1.807) is 4.90 Å². The third kappa shape index (κ3) is 3.27. The minimum absolute atomic E-state index is 0.000325. The Morgan fingerprint density at radius 1 is 1.05 bits per heavy atom. The highest BCUT2D eigenvalue weighted by Gasteiger charge is 2.40. The van der Waals surface area contributed by atoms with Crippen LogP contribution in [0.5, 0.6) is 0 Å². The van der Waals surface area contributed by atoms with E-state index in [0.29, 0.717) is 32.6 Å². The van der Waals surface area contributed by atoms with E-state index in [1.807, 2.05) is 0 Å². The van der Waals surface area contributed by atoms with Crippen LogP contribution < -0.4 is 5.73 Å². The van der Waals surface area contributed by atoms with Crippen molar-refractivity contribution in [2.75, 3.05) is 32.4 Å². The molecule has 0 atom stereocenters. The molecule has 0 radical (unpaired) electrons. The zero-order valence-electron chi connectivity index (χ0n) is 11.5. The Bertz CT molecular complexity index is 443. The van der Waals surface area contributed by atoms with Crippen LogP contribution in [-0.4, -0.2) is 61.5 Å². The van der Waals surface area contributed by atoms with Crippen molar-refractivity contribution in [3.63, 3.8) is 0 Å². The lowest BCUT2D eigenvalue weighted by atomic mass is 9.97. The lowest BCUT2D eigenvalue weighted by Crippen LogP contribution is -2.54. The molecule has 7 heteroatoms. The summed E-state index contributed by atoms with van der Waals surface area (Å²) in [5, 5.41) is 0. The number of carbonyl (C=O) groups excluding carboxylic acids is 1. The molecule has 1 heterocycles. The van der Waals surface area contributed by atoms with Crippen molar-refractivity contribution in [2.45, 2.75) is 37.6 Å². The fraction of sp³-hybridized carbons (Fsp3) is 0.917. The van der Waals surface area contributed by atoms with Gasteiger partial charge < -0.3 is 10.6 Å². The fourth-order valence-corrected chi connectivity index (χ4v) is 3.84. The molecule has 1 saturated heterocycles. The second-order valence-electron chi connectivity index (χ2n) is 5.67. The number of hydrogen-bond acceptors (Lipinski definition) is 4. The van der Waals surface area contributed by atoms with Gasteiger partial charge in [-0.25, -0.2) is 12.7 Å². The maximum atomic E-state index is 12.5. The number of hydrogen-bond donors (Lipinski definition) is 1. The minimum atomic E-state index is -3.17. The van der Waals surface area contributed by atoms with Crippen molar-refractivity contribution in [2.24, 2.45) is 5.73 Å². The highest BCUT2D eigenvalue weighted by Crippen LogP contribution is 2.29. The van der Waals surface area contributed by atoms with Gasteiger partial charge in [0.2, 0.25) is 15.9 Å². The van der Waals surface area contributed by atoms with E-state index in [4.69, 9.17) is 5.73 Å². The van der Waals surface area contributed by atoms with Crippen molar-refractivity contribution in [1.29, 1.82) is 0 Å². The number of nitrogens with two attached hydrogens (primary N) is 1. The van der Waals surface area contributed by atoms with Crippen LogP contribution in [0.4, 0.5) is 0 Å². The number of amides is 1. The van der Waals surface area contributed by atoms with Crippen LogP contribution in [0.2, 0.25) is 0 Å². The number of carbonyl (C=O) groups is 1. The van der Waals surface area contributed by atoms with Crippen LogP contribution in [0.25, 0.3) is 0 Å². The maximum absolute atomic E-state index is 12.5. The van der Waals surface area contributed by atoms with Crippen LogP contribution in [-0.2, 0) is 14.8 Å². The molecule has 2 rings (SSSR count). The van der Waals surface area contributed by atoms with Gasteiger partial charge >= 0.3 is 0 Å². The number of nitrogens with zero attached hydrogens (tertiary/aromatic N) is 2. The van der Waals surface area contributed by atoms with E-state index in [9.17, 15) is 13.2 Å². The molecule has 0 aromatic carbocycles. The van der Waals surface area contributed by atoms with E-state index in [2.05, 4.69) is 0 Å². The van der Waals surface area contributed by atoms with Gasteiger partial charge in [0.1, 0.15) is 0 Å². The van der Waals surface area contributed by atoms with Gasteiger partial charge in [0.15, 0.2) is 0 Å². The average molecular weight is 289 g/mol. The molecule has 1 aliphatic heterocycles. The molecule has 6 nitrogen and oxygen atoms in total. The van der Waals surface area contributed by atoms with Gasteiger partial charge in [0.05, 0.1) is 11.8 Å². The number of rotatable bonds is 2. The Kier molecular flexibility index (Phi) is 4.17. The predicted octanol–water partition coefficient (Wildman–Crippen LogP) is -0.248. The molecule has 1 saturated carbocycles. The molecular formula is C12H23N3O3S. The van der Waals surface area contributed by atoms with Crippen LogP contribution in [0, 0.1) is 0 Å². The normalized spacial score (nSPS) is 25.3. The Hall–Kier alpha value is -0.660. The van der Waals surface area contributed by atoms with E-state index in [0.717, 1.165) is 25.7 Å². The Balaban J connectivity index is 2.01. The first-order valence-corrected chi connectivity index (χ1v) is 8.71. The monoisotopic (exact) mass is 289 g/mol. The predicted molar refractivity (Wildman–Crippen MR) is 73.0 cm³/mol. The fourth-order valence-electron chi connectivity index (χ4n) is 2.96. The zero-order valence-corrected chi connectivity index (χ0v) is 12.3. The molecule has 0 bridgehead atoms. The smallest absolute Gasteiger partial charge is 0.242 e. The van der Waals surface area contributed by atoms with Crippen LogP contribution in [0.15, 0.2) is 0 Å². The van der Waals surface area contributed by atoms with Gasteiger partial charge in [0.25, 0.3) is 0 Å². The van der Waals surface area contributed by atoms with Crippen LogP contribution in [0.1, 0.15) is 32.1 Å². The third-order valence-corrected chi connectivity index (χ3v) is 5.44. The standard InChI is InChI=1S/C12H23N3O3S/c1-19(17,18)15-8-4-7-14(9-10-15)11(16)12(13)5-2-3-6-12/h2-10,13H2,1H3. The summed E-state index contributed by atoms with van der Waals surface area (Å²) >= 11 is 0. The average Bonchev–Trinajstić information content (AvgIpc) is 2.64. The lowest BCUT2D eigenvalue weighted by Gasteiger charge is -2.30. The molecule has 2 fully saturated rings. The summed E-state index contributed by atoms with van der Waals surface area (Å²) < 4.78 is 24.5. The molecule has 1 aliphatic carbocycles. The summed E-state index contributed by atoms with van der Waals surface area (Å²) in [7, 11) is -3.17. The molecule has 0 spiro atoms. The van der Waals surface area contributed by atoms with Gasteiger partial charge in [-0.1, -0.05) is 12.8 Å². The SMILES string of the molecule is CS(=O)(=O)N1CCCN(C(=O)C2(N)CCCC2)CC1. The minimum Gasteiger partial charge on any atom is -0.340 e. The summed E-state index contributed by atoms with van der Waals surface area (Å²) in [6.07, 6.45) is 5.40. The van der Waals surface area contributed by atoms with Crippen molar-refractivity contribution < 1.29 is 13.2 Å². The van der Waals surface area contributed by atoms with Crippen molar-refractivity contribution in [3.05, 3.63) is 0 Å². The Labute approximate surface area is 115 Å². The van der Waals surface area contributed by atoms with E-state index in [1.165, 1.54) is 10.6 Å². The van der Waals surface area contributed by atoms with E-state index in [-0.39, 0.29) is 5.91 Å². The summed E-state index contributed by atoms with van der Waals surface area (Å²) in [5.74, 6) is 0.000325. The Morgan fingerprint density at radius 3 is 2.26 bits per heavy atom. The Morgan fingerprint density at radius 2 is 1.68 bits per heavy atom. The van der Waals surface area contributed by atoms with Crippen molar-refractivity contribution in [1.82, 2.24) is 9.21 Å². The van der Waals surface area contributed by atoms with Crippen molar-refractivity contribution in [3.8, 4) is 0 Å². The molecule has 110 valence electrons. The highest BCUT2D eigenvalue weighted by molar-refractivity contribution is 7.88. The van der Waals surface area contributed by atoms with Gasteiger partial charge in [-0.3, -0.25) is 4.79 Å². The zero-order chi connectivity index (χ0) is 14.1. The van der Waals surface area contributed by atoms with Gasteiger partial charge in [-0.15, -0.1) is 0 Å². The molecule has 0 unspecified atom stereocenters. The number of sulfonamides is 1. The maximum Gasteiger partial charge on any atom is 0.242 e. The molecule has 2 N–H and O–H groups in total. The summed E-state index contributed by atoms with van der Waals surface area (Å²) in [6, 6.07) is 0. The molecule has 2 aliphatic rings. The van der Waals surface area contributed by atoms with Gasteiger partial charge in [-0.2, -0.15) is 0 Å². The summed E-state index contributed by atoms with van der Waals surface area (Å²) in [5.41, 5.74) is 5.47. The van der Waals surface area contributed by atoms with E-state index < -0.39 is 15.6 Å². The summed E-state index contributed by atoms with van der Waals surface area (Å²) in [4.78, 5) is 14.2. The second-order valence-corrected chi connectivity index (χ2v) is 7.65. The largest absolute Gasteiger partial charge is 0.340 e. The first-order chi connectivity index (χ1) is 8.83. The third-order valence-electron chi connectivity index (χ3n) is 4.13. The first-order valence-electron chi connectivity index (χ1n) is 6.86. The van der Waals surface area contributed by atoms with E-state index >= 15 is 0 Å².